The molecule has 0 spiro atoms. The fourth-order valence-electron chi connectivity index (χ4n) is 2.13. The molecule has 0 aliphatic carbocycles. The van der Waals surface area contributed by atoms with Crippen molar-refractivity contribution in [2.75, 3.05) is 0 Å². The number of aryl methyl sites for hydroxylation is 2. The topological polar surface area (TPSA) is 72.7 Å². The predicted molar refractivity (Wildman–Crippen MR) is 83.0 cm³/mol. The van der Waals surface area contributed by atoms with Crippen LogP contribution in [0.25, 0.3) is 16.7 Å². The van der Waals surface area contributed by atoms with E-state index in [1.807, 2.05) is 44.0 Å². The minimum Gasteiger partial charge on any atom is -0.271 e. The Hall–Kier alpha value is -2.70. The van der Waals surface area contributed by atoms with Gasteiger partial charge in [-0.15, -0.1) is 0 Å². The second-order valence-corrected chi connectivity index (χ2v) is 4.57. The zero-order valence-corrected chi connectivity index (χ0v) is 12.8. The molecule has 0 fully saturated rings. The van der Waals surface area contributed by atoms with Gasteiger partial charge in [0.2, 0.25) is 5.82 Å². The number of halogens is 1. The fraction of sp³-hybridized carbons (Fsp3) is 0.267. The van der Waals surface area contributed by atoms with Crippen LogP contribution in [0.5, 0.6) is 0 Å². The van der Waals surface area contributed by atoms with E-state index in [0.29, 0.717) is 5.39 Å². The number of fused-ring (bicyclic) bond motifs is 1. The van der Waals surface area contributed by atoms with E-state index < -0.39 is 17.1 Å². The molecular formula is C15H17FN4O2. The van der Waals surface area contributed by atoms with E-state index in [0.717, 1.165) is 21.8 Å². The number of aromatic nitrogens is 4. The van der Waals surface area contributed by atoms with Crippen LogP contribution in [0.2, 0.25) is 0 Å². The molecule has 0 saturated carbocycles. The van der Waals surface area contributed by atoms with Crippen molar-refractivity contribution in [1.82, 2.24) is 19.3 Å². The van der Waals surface area contributed by atoms with E-state index in [1.54, 1.807) is 11.7 Å². The lowest BCUT2D eigenvalue weighted by Crippen LogP contribution is -2.30. The van der Waals surface area contributed by atoms with Gasteiger partial charge in [0.1, 0.15) is 0 Å². The third-order valence-electron chi connectivity index (χ3n) is 3.11. The Balaban J connectivity index is 0.000000847. The first-order valence-electron chi connectivity index (χ1n) is 6.92. The Labute approximate surface area is 125 Å². The third kappa shape index (κ3) is 2.57. The van der Waals surface area contributed by atoms with E-state index in [9.17, 15) is 14.0 Å². The number of aromatic amines is 1. The van der Waals surface area contributed by atoms with Gasteiger partial charge in [0.15, 0.2) is 5.82 Å². The van der Waals surface area contributed by atoms with Crippen molar-refractivity contribution in [3.63, 3.8) is 0 Å². The maximum Gasteiger partial charge on any atom is 0.334 e. The summed E-state index contributed by atoms with van der Waals surface area (Å²) < 4.78 is 16.0. The van der Waals surface area contributed by atoms with Gasteiger partial charge < -0.3 is 0 Å². The summed E-state index contributed by atoms with van der Waals surface area (Å²) in [6.07, 6.45) is 0.850. The number of H-pyrrole nitrogens is 1. The lowest BCUT2D eigenvalue weighted by atomic mass is 10.2. The Bertz CT molecular complexity index is 937. The summed E-state index contributed by atoms with van der Waals surface area (Å²) in [4.78, 5) is 24.8. The molecule has 0 radical (unpaired) electrons. The van der Waals surface area contributed by atoms with Crippen LogP contribution in [-0.2, 0) is 7.05 Å². The van der Waals surface area contributed by atoms with Crippen LogP contribution >= 0.6 is 0 Å². The zero-order valence-electron chi connectivity index (χ0n) is 12.8. The first-order valence-corrected chi connectivity index (χ1v) is 6.92. The minimum atomic E-state index is -1.04. The van der Waals surface area contributed by atoms with Crippen LogP contribution in [-0.4, -0.2) is 19.3 Å². The summed E-state index contributed by atoms with van der Waals surface area (Å²) >= 11 is 0. The highest BCUT2D eigenvalue weighted by atomic mass is 19.1. The van der Waals surface area contributed by atoms with E-state index in [4.69, 9.17) is 0 Å². The molecule has 1 N–H and O–H groups in total. The van der Waals surface area contributed by atoms with Crippen LogP contribution < -0.4 is 11.2 Å². The van der Waals surface area contributed by atoms with Crippen molar-refractivity contribution in [2.45, 2.75) is 20.8 Å². The molecule has 2 heterocycles. The highest BCUT2D eigenvalue weighted by Gasteiger charge is 2.13. The molecule has 116 valence electrons. The monoisotopic (exact) mass is 304 g/mol. The molecule has 22 heavy (non-hydrogen) atoms. The highest BCUT2D eigenvalue weighted by molar-refractivity contribution is 5.87. The Morgan fingerprint density at radius 1 is 1.23 bits per heavy atom. The van der Waals surface area contributed by atoms with Crippen LogP contribution in [0.4, 0.5) is 4.39 Å². The molecule has 2 aromatic heterocycles. The first kappa shape index (κ1) is 15.7. The van der Waals surface area contributed by atoms with Gasteiger partial charge in [-0.2, -0.15) is 9.49 Å². The number of nitrogens with zero attached hydrogens (tertiary/aromatic N) is 3. The SMILES string of the molecule is CC.Cc1ccc2c(-n3cc(F)c(=O)[nH]c3=O)nn(C)c2c1. The van der Waals surface area contributed by atoms with Gasteiger partial charge in [0.25, 0.3) is 5.56 Å². The standard InChI is InChI=1S/C13H11FN4O2.C2H6/c1-7-3-4-8-10(5-7)17(2)16-11(8)18-6-9(14)12(19)15-13(18)20;1-2/h3-6H,1-2H3,(H,15,19,20);1-2H3. The van der Waals surface area contributed by atoms with Crippen molar-refractivity contribution < 1.29 is 4.39 Å². The average molecular weight is 304 g/mol. The van der Waals surface area contributed by atoms with Gasteiger partial charge in [-0.05, 0) is 24.6 Å². The molecular weight excluding hydrogens is 287 g/mol. The second kappa shape index (κ2) is 5.97. The number of nitrogens with one attached hydrogen (secondary N) is 1. The average Bonchev–Trinajstić information content (AvgIpc) is 2.81. The summed E-state index contributed by atoms with van der Waals surface area (Å²) in [5.74, 6) is -0.752. The van der Waals surface area contributed by atoms with E-state index in [-0.39, 0.29) is 5.82 Å². The molecule has 0 atom stereocenters. The second-order valence-electron chi connectivity index (χ2n) is 4.57. The Morgan fingerprint density at radius 3 is 2.59 bits per heavy atom. The van der Waals surface area contributed by atoms with E-state index in [1.165, 1.54) is 0 Å². The Morgan fingerprint density at radius 2 is 1.91 bits per heavy atom. The van der Waals surface area contributed by atoms with E-state index in [2.05, 4.69) is 5.10 Å². The molecule has 3 aromatic rings. The molecule has 1 aromatic carbocycles. The maximum atomic E-state index is 13.4. The maximum absolute atomic E-state index is 13.4. The quantitative estimate of drug-likeness (QED) is 0.746. The Kier molecular flexibility index (Phi) is 4.25. The van der Waals surface area contributed by atoms with Crippen molar-refractivity contribution in [3.8, 4) is 5.82 Å². The number of hydrogen-bond acceptors (Lipinski definition) is 3. The molecule has 3 rings (SSSR count). The minimum absolute atomic E-state index is 0.280. The van der Waals surface area contributed by atoms with Gasteiger partial charge in [-0.1, -0.05) is 19.9 Å². The van der Waals surface area contributed by atoms with Gasteiger partial charge >= 0.3 is 5.69 Å². The number of benzene rings is 1. The van der Waals surface area contributed by atoms with Crippen molar-refractivity contribution in [2.24, 2.45) is 7.05 Å². The largest absolute Gasteiger partial charge is 0.334 e. The summed E-state index contributed by atoms with van der Waals surface area (Å²) in [6, 6.07) is 5.60. The molecule has 0 amide bonds. The van der Waals surface area contributed by atoms with Crippen LogP contribution in [0, 0.1) is 12.7 Å². The lowest BCUT2D eigenvalue weighted by Gasteiger charge is -2.01. The van der Waals surface area contributed by atoms with Crippen LogP contribution in [0.1, 0.15) is 19.4 Å². The van der Waals surface area contributed by atoms with Crippen molar-refractivity contribution >= 4 is 10.9 Å². The molecule has 0 aliphatic rings. The van der Waals surface area contributed by atoms with Gasteiger partial charge in [-0.25, -0.2) is 9.36 Å². The zero-order chi connectivity index (χ0) is 16.4. The van der Waals surface area contributed by atoms with Gasteiger partial charge in [0.05, 0.1) is 11.7 Å². The van der Waals surface area contributed by atoms with Crippen LogP contribution in [0.15, 0.2) is 34.0 Å². The van der Waals surface area contributed by atoms with Crippen molar-refractivity contribution in [1.29, 1.82) is 0 Å². The predicted octanol–water partition coefficient (Wildman–Crippen LogP) is 1.89. The third-order valence-corrected chi connectivity index (χ3v) is 3.11. The summed E-state index contributed by atoms with van der Waals surface area (Å²) in [5, 5.41) is 4.92. The highest BCUT2D eigenvalue weighted by Crippen LogP contribution is 2.21. The summed E-state index contributed by atoms with van der Waals surface area (Å²) in [6.45, 7) is 5.94. The summed E-state index contributed by atoms with van der Waals surface area (Å²) in [7, 11) is 1.73. The smallest absolute Gasteiger partial charge is 0.271 e. The molecule has 7 heteroatoms. The van der Waals surface area contributed by atoms with Gasteiger partial charge in [0, 0.05) is 12.4 Å². The number of hydrogen-bond donors (Lipinski definition) is 1. The normalized spacial score (nSPS) is 10.4. The van der Waals surface area contributed by atoms with Gasteiger partial charge in [-0.3, -0.25) is 14.5 Å². The molecule has 0 unspecified atom stereocenters. The van der Waals surface area contributed by atoms with E-state index >= 15 is 0 Å². The molecule has 6 nitrogen and oxygen atoms in total. The summed E-state index contributed by atoms with van der Waals surface area (Å²) in [5.41, 5.74) is 0.102. The lowest BCUT2D eigenvalue weighted by molar-refractivity contribution is 0.584. The fourth-order valence-corrected chi connectivity index (χ4v) is 2.13. The molecule has 0 aliphatic heterocycles. The first-order chi connectivity index (χ1) is 10.5. The number of rotatable bonds is 1. The molecule has 0 saturated heterocycles. The van der Waals surface area contributed by atoms with Crippen LogP contribution in [0.3, 0.4) is 0 Å². The van der Waals surface area contributed by atoms with Crippen molar-refractivity contribution in [3.05, 3.63) is 56.6 Å². The molecule has 0 bridgehead atoms.